The quantitative estimate of drug-likeness (QED) is 0.759. The lowest BCUT2D eigenvalue weighted by Crippen LogP contribution is -2.39. The highest BCUT2D eigenvalue weighted by molar-refractivity contribution is 5.90. The fourth-order valence-corrected chi connectivity index (χ4v) is 1.71. The molecule has 0 spiro atoms. The zero-order valence-electron chi connectivity index (χ0n) is 12.2. The number of anilines is 1. The Kier molecular flexibility index (Phi) is 7.13. The topological polar surface area (TPSA) is 61.8 Å². The monoisotopic (exact) mass is 320 g/mol. The maximum absolute atomic E-state index is 12.1. The zero-order valence-corrected chi connectivity index (χ0v) is 12.2. The summed E-state index contributed by atoms with van der Waals surface area (Å²) in [5.74, 6) is 0. The highest BCUT2D eigenvalue weighted by Crippen LogP contribution is 2.15. The number of halogens is 3. The van der Waals surface area contributed by atoms with Gasteiger partial charge in [-0.25, -0.2) is 4.79 Å². The fraction of sp³-hybridized carbons (Fsp3) is 0.500. The van der Waals surface area contributed by atoms with Crippen LogP contribution in [0.4, 0.5) is 23.7 Å². The second kappa shape index (κ2) is 8.60. The minimum Gasteiger partial charge on any atom is -0.395 e. The van der Waals surface area contributed by atoms with Crippen LogP contribution in [0.25, 0.3) is 0 Å². The van der Waals surface area contributed by atoms with Crippen LogP contribution in [0.5, 0.6) is 0 Å². The third-order valence-corrected chi connectivity index (χ3v) is 2.82. The number of carbonyl (C=O) groups is 1. The fourth-order valence-electron chi connectivity index (χ4n) is 1.71. The Labute approximate surface area is 126 Å². The van der Waals surface area contributed by atoms with E-state index in [1.165, 1.54) is 4.90 Å². The molecule has 5 nitrogen and oxygen atoms in total. The number of nitrogens with zero attached hydrogens (tertiary/aromatic N) is 1. The molecule has 0 unspecified atom stereocenters. The number of alkyl halides is 3. The number of hydrogen-bond donors (Lipinski definition) is 2. The van der Waals surface area contributed by atoms with Crippen molar-refractivity contribution < 1.29 is 27.8 Å². The third kappa shape index (κ3) is 6.77. The maximum atomic E-state index is 12.1. The SMILES string of the molecule is Cc1ccccc1NC(=O)N(CCO)CCOCC(F)(F)F. The van der Waals surface area contributed by atoms with Gasteiger partial charge in [-0.3, -0.25) is 0 Å². The number of aliphatic hydroxyl groups excluding tert-OH is 1. The minimum absolute atomic E-state index is 0.00704. The van der Waals surface area contributed by atoms with Crippen LogP contribution in [0, 0.1) is 6.92 Å². The molecule has 2 N–H and O–H groups in total. The average Bonchev–Trinajstić information content (AvgIpc) is 2.43. The summed E-state index contributed by atoms with van der Waals surface area (Å²) < 4.78 is 40.4. The molecule has 0 saturated heterocycles. The number of ether oxygens (including phenoxy) is 1. The van der Waals surface area contributed by atoms with Gasteiger partial charge in [0.25, 0.3) is 0 Å². The lowest BCUT2D eigenvalue weighted by Gasteiger charge is -2.22. The largest absolute Gasteiger partial charge is 0.411 e. The van der Waals surface area contributed by atoms with Gasteiger partial charge in [-0.05, 0) is 18.6 Å². The predicted octanol–water partition coefficient (Wildman–Crippen LogP) is 2.40. The highest BCUT2D eigenvalue weighted by Gasteiger charge is 2.27. The molecule has 0 aromatic heterocycles. The number of aliphatic hydroxyl groups is 1. The highest BCUT2D eigenvalue weighted by atomic mass is 19.4. The Hall–Kier alpha value is -1.80. The van der Waals surface area contributed by atoms with E-state index in [0.717, 1.165) is 5.56 Å². The van der Waals surface area contributed by atoms with Crippen LogP contribution in [0.2, 0.25) is 0 Å². The van der Waals surface area contributed by atoms with Gasteiger partial charge < -0.3 is 20.1 Å². The molecule has 0 atom stereocenters. The number of benzene rings is 1. The normalized spacial score (nSPS) is 11.3. The molecule has 22 heavy (non-hydrogen) atoms. The molecule has 0 radical (unpaired) electrons. The summed E-state index contributed by atoms with van der Waals surface area (Å²) in [6.45, 7) is -0.138. The van der Waals surface area contributed by atoms with E-state index in [1.54, 1.807) is 12.1 Å². The van der Waals surface area contributed by atoms with E-state index >= 15 is 0 Å². The smallest absolute Gasteiger partial charge is 0.395 e. The molecule has 124 valence electrons. The van der Waals surface area contributed by atoms with Gasteiger partial charge in [0.05, 0.1) is 13.2 Å². The Balaban J connectivity index is 2.51. The number of para-hydroxylation sites is 1. The molecule has 8 heteroatoms. The van der Waals surface area contributed by atoms with Crippen LogP contribution in [0.15, 0.2) is 24.3 Å². The predicted molar refractivity (Wildman–Crippen MR) is 75.7 cm³/mol. The molecule has 0 aliphatic rings. The molecule has 1 aromatic rings. The summed E-state index contributed by atoms with van der Waals surface area (Å²) in [5.41, 5.74) is 1.46. The van der Waals surface area contributed by atoms with Crippen LogP contribution < -0.4 is 5.32 Å². The molecule has 0 fully saturated rings. The van der Waals surface area contributed by atoms with Gasteiger partial charge in [0.1, 0.15) is 6.61 Å². The van der Waals surface area contributed by atoms with Crippen molar-refractivity contribution in [1.82, 2.24) is 4.90 Å². The summed E-state index contributed by atoms with van der Waals surface area (Å²) in [6.07, 6.45) is -4.40. The van der Waals surface area contributed by atoms with E-state index in [4.69, 9.17) is 5.11 Å². The Morgan fingerprint density at radius 2 is 2.00 bits per heavy atom. The first kappa shape index (κ1) is 18.2. The van der Waals surface area contributed by atoms with E-state index in [0.29, 0.717) is 5.69 Å². The number of amides is 2. The number of aryl methyl sites for hydroxylation is 1. The molecule has 2 amide bonds. The van der Waals surface area contributed by atoms with E-state index in [9.17, 15) is 18.0 Å². The number of hydrogen-bond acceptors (Lipinski definition) is 3. The molecule has 1 aromatic carbocycles. The second-order valence-electron chi connectivity index (χ2n) is 4.62. The summed E-state index contributed by atoms with van der Waals surface area (Å²) in [5, 5.41) is 11.6. The van der Waals surface area contributed by atoms with Crippen molar-refractivity contribution in [2.75, 3.05) is 38.2 Å². The van der Waals surface area contributed by atoms with Crippen molar-refractivity contribution in [1.29, 1.82) is 0 Å². The zero-order chi connectivity index (χ0) is 16.6. The van der Waals surface area contributed by atoms with E-state index in [-0.39, 0.29) is 26.3 Å². The first-order chi connectivity index (χ1) is 10.3. The van der Waals surface area contributed by atoms with E-state index in [2.05, 4.69) is 10.1 Å². The summed E-state index contributed by atoms with van der Waals surface area (Å²) in [4.78, 5) is 13.3. The Morgan fingerprint density at radius 3 is 2.59 bits per heavy atom. The third-order valence-electron chi connectivity index (χ3n) is 2.82. The Bertz CT molecular complexity index is 481. The Morgan fingerprint density at radius 1 is 1.32 bits per heavy atom. The van der Waals surface area contributed by atoms with Crippen molar-refractivity contribution >= 4 is 11.7 Å². The first-order valence-electron chi connectivity index (χ1n) is 6.70. The summed E-state index contributed by atoms with van der Waals surface area (Å²) in [6, 6.07) is 6.61. The molecule has 0 bridgehead atoms. The van der Waals surface area contributed by atoms with Crippen molar-refractivity contribution in [2.45, 2.75) is 13.1 Å². The molecule has 0 saturated carbocycles. The second-order valence-corrected chi connectivity index (χ2v) is 4.62. The average molecular weight is 320 g/mol. The summed E-state index contributed by atoms with van der Waals surface area (Å²) in [7, 11) is 0. The maximum Gasteiger partial charge on any atom is 0.411 e. The van der Waals surface area contributed by atoms with Crippen LogP contribution in [-0.4, -0.2) is 55.1 Å². The van der Waals surface area contributed by atoms with Gasteiger partial charge in [-0.1, -0.05) is 18.2 Å². The molecule has 1 rings (SSSR count). The van der Waals surface area contributed by atoms with Gasteiger partial charge >= 0.3 is 12.2 Å². The van der Waals surface area contributed by atoms with Gasteiger partial charge in [0.15, 0.2) is 0 Å². The van der Waals surface area contributed by atoms with Crippen molar-refractivity contribution in [3.05, 3.63) is 29.8 Å². The van der Waals surface area contributed by atoms with Gasteiger partial charge in [-0.15, -0.1) is 0 Å². The van der Waals surface area contributed by atoms with Crippen molar-refractivity contribution in [2.24, 2.45) is 0 Å². The number of nitrogens with one attached hydrogen (secondary N) is 1. The standard InChI is InChI=1S/C14H19F3N2O3/c1-11-4-2-3-5-12(11)18-13(21)19(6-8-20)7-9-22-10-14(15,16)17/h2-5,20H,6-10H2,1H3,(H,18,21). The lowest BCUT2D eigenvalue weighted by molar-refractivity contribution is -0.174. The number of rotatable bonds is 7. The van der Waals surface area contributed by atoms with Crippen LogP contribution in [0.1, 0.15) is 5.56 Å². The number of carbonyl (C=O) groups excluding carboxylic acids is 1. The molecular formula is C14H19F3N2O3. The van der Waals surface area contributed by atoms with Gasteiger partial charge in [-0.2, -0.15) is 13.2 Å². The molecule has 0 aliphatic heterocycles. The van der Waals surface area contributed by atoms with E-state index < -0.39 is 18.8 Å². The van der Waals surface area contributed by atoms with Crippen LogP contribution in [0.3, 0.4) is 0 Å². The first-order valence-corrected chi connectivity index (χ1v) is 6.70. The van der Waals surface area contributed by atoms with Crippen LogP contribution >= 0.6 is 0 Å². The number of urea groups is 1. The molecular weight excluding hydrogens is 301 g/mol. The van der Waals surface area contributed by atoms with Gasteiger partial charge in [0, 0.05) is 18.8 Å². The van der Waals surface area contributed by atoms with Gasteiger partial charge in [0.2, 0.25) is 0 Å². The molecule has 0 heterocycles. The minimum atomic E-state index is -4.40. The van der Waals surface area contributed by atoms with E-state index in [1.807, 2.05) is 19.1 Å². The van der Waals surface area contributed by atoms with Crippen molar-refractivity contribution in [3.8, 4) is 0 Å². The van der Waals surface area contributed by atoms with Crippen LogP contribution in [-0.2, 0) is 4.74 Å². The molecule has 0 aliphatic carbocycles. The lowest BCUT2D eigenvalue weighted by atomic mass is 10.2. The summed E-state index contributed by atoms with van der Waals surface area (Å²) >= 11 is 0. The van der Waals surface area contributed by atoms with Crippen molar-refractivity contribution in [3.63, 3.8) is 0 Å².